The van der Waals surface area contributed by atoms with Crippen LogP contribution in [0.25, 0.3) is 10.8 Å². The maximum absolute atomic E-state index is 13.1. The number of methoxy groups -OCH3 is 1. The fourth-order valence-corrected chi connectivity index (χ4v) is 3.81. The predicted octanol–water partition coefficient (Wildman–Crippen LogP) is 4.54. The summed E-state index contributed by atoms with van der Waals surface area (Å²) in [5.74, 6) is -0.486. The molecule has 0 atom stereocenters. The normalized spacial score (nSPS) is 10.7. The molecule has 0 fully saturated rings. The molecular weight excluding hydrogens is 402 g/mol. The molecule has 2 aromatic carbocycles. The zero-order chi connectivity index (χ0) is 21.3. The van der Waals surface area contributed by atoms with E-state index in [9.17, 15) is 9.59 Å². The van der Waals surface area contributed by atoms with Gasteiger partial charge in [-0.25, -0.2) is 14.6 Å². The van der Waals surface area contributed by atoms with E-state index < -0.39 is 5.97 Å². The molecule has 0 aliphatic heterocycles. The number of amides is 2. The number of esters is 1. The first-order chi connectivity index (χ1) is 14.6. The van der Waals surface area contributed by atoms with E-state index in [1.165, 1.54) is 18.4 Å². The highest BCUT2D eigenvalue weighted by Gasteiger charge is 2.18. The molecular formula is C22H25N3O4S. The maximum atomic E-state index is 13.1. The Labute approximate surface area is 179 Å². The summed E-state index contributed by atoms with van der Waals surface area (Å²) in [5.41, 5.74) is 1.00. The van der Waals surface area contributed by atoms with Crippen molar-refractivity contribution in [3.63, 3.8) is 0 Å². The van der Waals surface area contributed by atoms with Crippen molar-refractivity contribution in [3.05, 3.63) is 58.5 Å². The number of anilines is 1. The van der Waals surface area contributed by atoms with Crippen LogP contribution >= 0.6 is 11.3 Å². The highest BCUT2D eigenvalue weighted by atomic mass is 32.1. The van der Waals surface area contributed by atoms with Gasteiger partial charge in [0.15, 0.2) is 5.69 Å². The van der Waals surface area contributed by atoms with Gasteiger partial charge in [0.1, 0.15) is 5.01 Å². The van der Waals surface area contributed by atoms with Crippen LogP contribution in [0.15, 0.2) is 47.8 Å². The van der Waals surface area contributed by atoms with Crippen LogP contribution in [0.4, 0.5) is 10.5 Å². The number of carbonyl (C=O) groups is 2. The van der Waals surface area contributed by atoms with Crippen LogP contribution in [-0.4, -0.2) is 48.8 Å². The second-order valence-corrected chi connectivity index (χ2v) is 7.49. The summed E-state index contributed by atoms with van der Waals surface area (Å²) in [4.78, 5) is 30.7. The lowest BCUT2D eigenvalue weighted by Gasteiger charge is -2.22. The second kappa shape index (κ2) is 10.7. The van der Waals surface area contributed by atoms with Crippen molar-refractivity contribution in [2.24, 2.45) is 0 Å². The SMILES string of the molecule is CCOCCCN(Cc1nc(C(=O)OC)cs1)C(=O)Nc1cccc2ccccc12. The molecule has 8 heteroatoms. The van der Waals surface area contributed by atoms with Crippen molar-refractivity contribution < 1.29 is 19.1 Å². The fraction of sp³-hybridized carbons (Fsp3) is 0.318. The van der Waals surface area contributed by atoms with Gasteiger partial charge in [-0.3, -0.25) is 0 Å². The first-order valence-electron chi connectivity index (χ1n) is 9.76. The van der Waals surface area contributed by atoms with Crippen molar-refractivity contribution in [1.29, 1.82) is 0 Å². The van der Waals surface area contributed by atoms with Crippen LogP contribution in [0.5, 0.6) is 0 Å². The van der Waals surface area contributed by atoms with Gasteiger partial charge in [0.05, 0.1) is 19.3 Å². The first kappa shape index (κ1) is 21.7. The molecule has 1 N–H and O–H groups in total. The lowest BCUT2D eigenvalue weighted by Crippen LogP contribution is -2.35. The number of nitrogens with zero attached hydrogens (tertiary/aromatic N) is 2. The Morgan fingerprint density at radius 3 is 2.77 bits per heavy atom. The summed E-state index contributed by atoms with van der Waals surface area (Å²) < 4.78 is 10.1. The van der Waals surface area contributed by atoms with E-state index in [2.05, 4.69) is 10.3 Å². The molecule has 0 bridgehead atoms. The van der Waals surface area contributed by atoms with Gasteiger partial charge >= 0.3 is 12.0 Å². The highest BCUT2D eigenvalue weighted by molar-refractivity contribution is 7.09. The molecule has 2 amide bonds. The predicted molar refractivity (Wildman–Crippen MR) is 118 cm³/mol. The summed E-state index contributed by atoms with van der Waals surface area (Å²) in [6.45, 7) is 3.94. The molecule has 3 rings (SSSR count). The number of urea groups is 1. The van der Waals surface area contributed by atoms with Crippen molar-refractivity contribution in [3.8, 4) is 0 Å². The summed E-state index contributed by atoms with van der Waals surface area (Å²) >= 11 is 1.33. The van der Waals surface area contributed by atoms with E-state index >= 15 is 0 Å². The quantitative estimate of drug-likeness (QED) is 0.400. The first-order valence-corrected chi connectivity index (χ1v) is 10.6. The van der Waals surface area contributed by atoms with E-state index in [0.29, 0.717) is 37.7 Å². The molecule has 0 saturated carbocycles. The van der Waals surface area contributed by atoms with Crippen LogP contribution in [-0.2, 0) is 16.0 Å². The van der Waals surface area contributed by atoms with Crippen molar-refractivity contribution in [2.45, 2.75) is 19.9 Å². The van der Waals surface area contributed by atoms with E-state index in [-0.39, 0.29) is 11.7 Å². The maximum Gasteiger partial charge on any atom is 0.357 e. The van der Waals surface area contributed by atoms with Crippen molar-refractivity contribution in [1.82, 2.24) is 9.88 Å². The van der Waals surface area contributed by atoms with Crippen LogP contribution < -0.4 is 5.32 Å². The second-order valence-electron chi connectivity index (χ2n) is 6.55. The van der Waals surface area contributed by atoms with Gasteiger partial charge in [0, 0.05) is 30.5 Å². The van der Waals surface area contributed by atoms with Crippen LogP contribution in [0, 0.1) is 0 Å². The Morgan fingerprint density at radius 2 is 1.97 bits per heavy atom. The Balaban J connectivity index is 1.75. The molecule has 0 unspecified atom stereocenters. The number of fused-ring (bicyclic) bond motifs is 1. The molecule has 1 heterocycles. The van der Waals surface area contributed by atoms with Gasteiger partial charge in [-0.1, -0.05) is 36.4 Å². The standard InChI is InChI=1S/C22H25N3O4S/c1-3-29-13-7-12-25(14-20-23-19(15-30-20)21(26)28-2)22(27)24-18-11-6-9-16-8-4-5-10-17(16)18/h4-6,8-11,15H,3,7,12-14H2,1-2H3,(H,24,27). The van der Waals surface area contributed by atoms with Gasteiger partial charge in [-0.2, -0.15) is 0 Å². The highest BCUT2D eigenvalue weighted by Crippen LogP contribution is 2.23. The number of hydrogen-bond acceptors (Lipinski definition) is 6. The van der Waals surface area contributed by atoms with Gasteiger partial charge in [-0.15, -0.1) is 11.3 Å². The summed E-state index contributed by atoms with van der Waals surface area (Å²) in [5, 5.41) is 7.36. The molecule has 0 aliphatic carbocycles. The van der Waals surface area contributed by atoms with Gasteiger partial charge in [-0.05, 0) is 24.8 Å². The zero-order valence-electron chi connectivity index (χ0n) is 17.1. The van der Waals surface area contributed by atoms with Gasteiger partial charge < -0.3 is 19.7 Å². The third-order valence-electron chi connectivity index (χ3n) is 4.51. The Morgan fingerprint density at radius 1 is 1.17 bits per heavy atom. The number of hydrogen-bond donors (Lipinski definition) is 1. The summed E-state index contributed by atoms with van der Waals surface area (Å²) in [6, 6.07) is 13.5. The molecule has 3 aromatic rings. The smallest absolute Gasteiger partial charge is 0.357 e. The molecule has 0 radical (unpaired) electrons. The molecule has 0 aliphatic rings. The minimum absolute atomic E-state index is 0.224. The van der Waals surface area contributed by atoms with Crippen molar-refractivity contribution in [2.75, 3.05) is 32.2 Å². The molecule has 0 spiro atoms. The summed E-state index contributed by atoms with van der Waals surface area (Å²) in [7, 11) is 1.32. The zero-order valence-corrected chi connectivity index (χ0v) is 17.9. The molecule has 0 saturated heterocycles. The lowest BCUT2D eigenvalue weighted by molar-refractivity contribution is 0.0594. The number of ether oxygens (including phenoxy) is 2. The minimum Gasteiger partial charge on any atom is -0.464 e. The van der Waals surface area contributed by atoms with Crippen LogP contribution in [0.2, 0.25) is 0 Å². The fourth-order valence-electron chi connectivity index (χ4n) is 3.03. The topological polar surface area (TPSA) is 80.8 Å². The van der Waals surface area contributed by atoms with E-state index in [0.717, 1.165) is 16.5 Å². The molecule has 30 heavy (non-hydrogen) atoms. The molecule has 1 aromatic heterocycles. The number of nitrogens with one attached hydrogen (secondary N) is 1. The lowest BCUT2D eigenvalue weighted by atomic mass is 10.1. The number of thiazole rings is 1. The Bertz CT molecular complexity index is 999. The number of benzene rings is 2. The number of rotatable bonds is 9. The van der Waals surface area contributed by atoms with Crippen LogP contribution in [0.1, 0.15) is 28.8 Å². The third kappa shape index (κ3) is 5.55. The number of carbonyl (C=O) groups excluding carboxylic acids is 2. The largest absolute Gasteiger partial charge is 0.464 e. The minimum atomic E-state index is -0.486. The average Bonchev–Trinajstić information content (AvgIpc) is 3.24. The molecule has 158 valence electrons. The monoisotopic (exact) mass is 427 g/mol. The number of aromatic nitrogens is 1. The summed E-state index contributed by atoms with van der Waals surface area (Å²) in [6.07, 6.45) is 0.700. The van der Waals surface area contributed by atoms with Gasteiger partial charge in [0.2, 0.25) is 0 Å². The Kier molecular flexibility index (Phi) is 7.75. The van der Waals surface area contributed by atoms with E-state index in [1.54, 1.807) is 10.3 Å². The van der Waals surface area contributed by atoms with E-state index in [1.807, 2.05) is 49.4 Å². The Hall–Kier alpha value is -2.97. The van der Waals surface area contributed by atoms with Crippen molar-refractivity contribution >= 4 is 39.8 Å². The van der Waals surface area contributed by atoms with Gasteiger partial charge in [0.25, 0.3) is 0 Å². The van der Waals surface area contributed by atoms with E-state index in [4.69, 9.17) is 9.47 Å². The molecule has 7 nitrogen and oxygen atoms in total. The average molecular weight is 428 g/mol. The third-order valence-corrected chi connectivity index (χ3v) is 5.35. The van der Waals surface area contributed by atoms with Crippen LogP contribution in [0.3, 0.4) is 0 Å².